The van der Waals surface area contributed by atoms with E-state index in [9.17, 15) is 13.2 Å². The maximum Gasteiger partial charge on any atom is 0.261 e. The van der Waals surface area contributed by atoms with Gasteiger partial charge in [-0.25, -0.2) is 8.42 Å². The molecule has 0 aliphatic rings. The smallest absolute Gasteiger partial charge is 0.261 e. The van der Waals surface area contributed by atoms with Crippen LogP contribution in [0, 0.1) is 13.8 Å². The van der Waals surface area contributed by atoms with Gasteiger partial charge in [0.15, 0.2) is 0 Å². The van der Waals surface area contributed by atoms with Gasteiger partial charge in [0.25, 0.3) is 15.9 Å². The number of pyridine rings is 1. The average Bonchev–Trinajstić information content (AvgIpc) is 2.70. The minimum Gasteiger partial charge on any atom is -0.352 e. The van der Waals surface area contributed by atoms with E-state index in [0.717, 1.165) is 11.3 Å². The summed E-state index contributed by atoms with van der Waals surface area (Å²) in [6.07, 6.45) is 2.30. The molecule has 0 saturated heterocycles. The van der Waals surface area contributed by atoms with E-state index in [4.69, 9.17) is 0 Å². The second-order valence-corrected chi connectivity index (χ2v) is 8.46. The number of carbonyl (C=O) groups is 1. The maximum absolute atomic E-state index is 12.7. The Morgan fingerprint density at radius 2 is 1.76 bits per heavy atom. The van der Waals surface area contributed by atoms with Crippen LogP contribution in [0.3, 0.4) is 0 Å². The summed E-state index contributed by atoms with van der Waals surface area (Å²) in [5.41, 5.74) is 3.42. The van der Waals surface area contributed by atoms with Gasteiger partial charge >= 0.3 is 0 Å². The van der Waals surface area contributed by atoms with E-state index >= 15 is 0 Å². The average molecular weight is 410 g/mol. The molecular formula is C22H23N3O3S. The van der Waals surface area contributed by atoms with E-state index in [-0.39, 0.29) is 10.8 Å². The molecule has 2 N–H and O–H groups in total. The van der Waals surface area contributed by atoms with E-state index in [1.807, 2.05) is 37.3 Å². The monoisotopic (exact) mass is 409 g/mol. The fourth-order valence-corrected chi connectivity index (χ4v) is 3.88. The lowest BCUT2D eigenvalue weighted by Gasteiger charge is -2.12. The van der Waals surface area contributed by atoms with Crippen LogP contribution in [0.25, 0.3) is 0 Å². The summed E-state index contributed by atoms with van der Waals surface area (Å²) >= 11 is 0. The van der Waals surface area contributed by atoms with E-state index in [0.29, 0.717) is 29.8 Å². The minimum atomic E-state index is -3.80. The number of amides is 1. The molecule has 0 unspecified atom stereocenters. The zero-order valence-electron chi connectivity index (χ0n) is 16.3. The van der Waals surface area contributed by atoms with Crippen molar-refractivity contribution in [3.05, 3.63) is 89.2 Å². The van der Waals surface area contributed by atoms with E-state index in [1.165, 1.54) is 12.1 Å². The lowest BCUT2D eigenvalue weighted by Crippen LogP contribution is -2.27. The van der Waals surface area contributed by atoms with E-state index in [2.05, 4.69) is 15.0 Å². The van der Waals surface area contributed by atoms with Gasteiger partial charge in [-0.1, -0.05) is 29.8 Å². The molecule has 7 heteroatoms. The highest BCUT2D eigenvalue weighted by atomic mass is 32.2. The molecule has 0 fully saturated rings. The highest BCUT2D eigenvalue weighted by Gasteiger charge is 2.18. The first kappa shape index (κ1) is 20.5. The van der Waals surface area contributed by atoms with Gasteiger partial charge in [0, 0.05) is 36.1 Å². The Labute approximate surface area is 171 Å². The number of carbonyl (C=O) groups excluding carboxylic acids is 1. The van der Waals surface area contributed by atoms with Crippen LogP contribution >= 0.6 is 0 Å². The molecule has 150 valence electrons. The first-order valence-corrected chi connectivity index (χ1v) is 10.7. The highest BCUT2D eigenvalue weighted by molar-refractivity contribution is 7.92. The summed E-state index contributed by atoms with van der Waals surface area (Å²) in [7, 11) is -3.80. The van der Waals surface area contributed by atoms with Gasteiger partial charge in [-0.05, 0) is 55.8 Å². The van der Waals surface area contributed by atoms with E-state index in [1.54, 1.807) is 31.3 Å². The predicted molar refractivity (Wildman–Crippen MR) is 113 cm³/mol. The van der Waals surface area contributed by atoms with E-state index < -0.39 is 10.0 Å². The number of sulfonamides is 1. The molecule has 1 heterocycles. The molecule has 6 nitrogen and oxygen atoms in total. The molecule has 29 heavy (non-hydrogen) atoms. The molecule has 3 aromatic rings. The minimum absolute atomic E-state index is 0.0403. The van der Waals surface area contributed by atoms with Crippen molar-refractivity contribution >= 4 is 21.6 Å². The molecule has 0 saturated carbocycles. The topological polar surface area (TPSA) is 88.2 Å². The standard InChI is InChI=1S/C22H23N3O3S/c1-16-6-9-19(10-7-16)25-29(27,28)20-11-8-17(2)21(15-20)22(26)24-14-12-18-5-3-4-13-23-18/h3-11,13,15,25H,12,14H2,1-2H3,(H,24,26). The molecule has 3 rings (SSSR count). The van der Waals surface area contributed by atoms with Crippen molar-refractivity contribution in [2.75, 3.05) is 11.3 Å². The Bertz CT molecular complexity index is 1100. The largest absolute Gasteiger partial charge is 0.352 e. The quantitative estimate of drug-likeness (QED) is 0.625. The Morgan fingerprint density at radius 3 is 2.45 bits per heavy atom. The number of hydrogen-bond donors (Lipinski definition) is 2. The van der Waals surface area contributed by atoms with Gasteiger partial charge in [0.1, 0.15) is 0 Å². The number of aromatic nitrogens is 1. The summed E-state index contributed by atoms with van der Waals surface area (Å²) < 4.78 is 28.0. The van der Waals surface area contributed by atoms with Crippen molar-refractivity contribution in [1.82, 2.24) is 10.3 Å². The van der Waals surface area contributed by atoms with Crippen LogP contribution in [0.2, 0.25) is 0 Å². The summed E-state index contributed by atoms with van der Waals surface area (Å²) in [6.45, 7) is 4.11. The second kappa shape index (κ2) is 8.87. The van der Waals surface area contributed by atoms with Crippen LogP contribution < -0.4 is 10.0 Å². The predicted octanol–water partition coefficient (Wildman–Crippen LogP) is 3.47. The van der Waals surface area contributed by atoms with Gasteiger partial charge in [0.2, 0.25) is 0 Å². The lowest BCUT2D eigenvalue weighted by atomic mass is 10.1. The number of aryl methyl sites for hydroxylation is 2. The molecule has 2 aromatic carbocycles. The Morgan fingerprint density at radius 1 is 1.00 bits per heavy atom. The highest BCUT2D eigenvalue weighted by Crippen LogP contribution is 2.19. The summed E-state index contributed by atoms with van der Waals surface area (Å²) in [5.74, 6) is -0.314. The Kier molecular flexibility index (Phi) is 6.29. The van der Waals surface area contributed by atoms with Crippen LogP contribution in [0.4, 0.5) is 5.69 Å². The van der Waals surface area contributed by atoms with Crippen LogP contribution in [-0.2, 0) is 16.4 Å². The van der Waals surface area contributed by atoms with Crippen LogP contribution in [-0.4, -0.2) is 25.9 Å². The second-order valence-electron chi connectivity index (χ2n) is 6.78. The normalized spacial score (nSPS) is 11.1. The number of nitrogens with one attached hydrogen (secondary N) is 2. The number of hydrogen-bond acceptors (Lipinski definition) is 4. The van der Waals surface area contributed by atoms with Crippen molar-refractivity contribution in [1.29, 1.82) is 0 Å². The van der Waals surface area contributed by atoms with Crippen molar-refractivity contribution in [3.63, 3.8) is 0 Å². The summed E-state index contributed by atoms with van der Waals surface area (Å²) in [5, 5.41) is 2.83. The van der Waals surface area contributed by atoms with Crippen LogP contribution in [0.15, 0.2) is 71.8 Å². The molecule has 0 radical (unpaired) electrons. The molecule has 0 aliphatic carbocycles. The first-order valence-electron chi connectivity index (χ1n) is 9.23. The molecule has 1 amide bonds. The molecule has 0 atom stereocenters. The van der Waals surface area contributed by atoms with Crippen molar-refractivity contribution in [3.8, 4) is 0 Å². The zero-order valence-corrected chi connectivity index (χ0v) is 17.2. The third-order valence-corrected chi connectivity index (χ3v) is 5.84. The van der Waals surface area contributed by atoms with Gasteiger partial charge in [-0.3, -0.25) is 14.5 Å². The fourth-order valence-electron chi connectivity index (χ4n) is 2.79. The van der Waals surface area contributed by atoms with Gasteiger partial charge < -0.3 is 5.32 Å². The SMILES string of the molecule is Cc1ccc(NS(=O)(=O)c2ccc(C)c(C(=O)NCCc3ccccn3)c2)cc1. The lowest BCUT2D eigenvalue weighted by molar-refractivity contribution is 0.0953. The zero-order chi connectivity index (χ0) is 20.9. The van der Waals surface area contributed by atoms with Crippen molar-refractivity contribution in [2.45, 2.75) is 25.2 Å². The summed E-state index contributed by atoms with van der Waals surface area (Å²) in [6, 6.07) is 17.2. The van der Waals surface area contributed by atoms with Crippen molar-refractivity contribution < 1.29 is 13.2 Å². The van der Waals surface area contributed by atoms with Crippen LogP contribution in [0.1, 0.15) is 27.2 Å². The third-order valence-electron chi connectivity index (χ3n) is 4.46. The van der Waals surface area contributed by atoms with Crippen LogP contribution in [0.5, 0.6) is 0 Å². The third kappa shape index (κ3) is 5.42. The molecule has 1 aromatic heterocycles. The molecule has 0 bridgehead atoms. The van der Waals surface area contributed by atoms with Gasteiger partial charge in [0.05, 0.1) is 4.90 Å². The fraction of sp³-hybridized carbons (Fsp3) is 0.182. The molecule has 0 aliphatic heterocycles. The van der Waals surface area contributed by atoms with Gasteiger partial charge in [-0.2, -0.15) is 0 Å². The van der Waals surface area contributed by atoms with Gasteiger partial charge in [-0.15, -0.1) is 0 Å². The number of nitrogens with zero attached hydrogens (tertiary/aromatic N) is 1. The Balaban J connectivity index is 1.72. The molecule has 0 spiro atoms. The first-order chi connectivity index (χ1) is 13.8. The number of benzene rings is 2. The molecular weight excluding hydrogens is 386 g/mol. The summed E-state index contributed by atoms with van der Waals surface area (Å²) in [4.78, 5) is 16.8. The maximum atomic E-state index is 12.7. The number of rotatable bonds is 7. The Hall–Kier alpha value is -3.19. The van der Waals surface area contributed by atoms with Crippen molar-refractivity contribution in [2.24, 2.45) is 0 Å². The number of anilines is 1.